The molecule has 9 N–H and O–H groups in total. The van der Waals surface area contributed by atoms with E-state index in [4.69, 9.17) is 10.5 Å². The summed E-state index contributed by atoms with van der Waals surface area (Å²) >= 11 is 0. The van der Waals surface area contributed by atoms with E-state index in [1.165, 1.54) is 57.8 Å². The van der Waals surface area contributed by atoms with Gasteiger partial charge in [0.1, 0.15) is 24.5 Å². The molecule has 11 atom stereocenters. The Kier molecular flexibility index (Phi) is 8.20. The monoisotopic (exact) mass is 562 g/mol. The van der Waals surface area contributed by atoms with Gasteiger partial charge in [-0.3, -0.25) is 31.5 Å². The summed E-state index contributed by atoms with van der Waals surface area (Å²) in [5, 5.41) is 39.9. The molecule has 0 amide bonds. The fraction of sp³-hybridized carbons (Fsp3) is 1.00. The Morgan fingerprint density at radius 1 is 0.925 bits per heavy atom. The SMILES string of the molecule is CC(C)N(C[C@H]1O[C@@H](N2CNC3C(N)NCNC32)[C@H](O)[C@@H]1O)C1CC(CCC2NC3CCC(C4CC4)CC3N2)C1. The second-order valence-electron chi connectivity index (χ2n) is 14.4. The molecule has 7 fully saturated rings. The molecule has 7 aliphatic rings. The largest absolute Gasteiger partial charge is 0.387 e. The van der Waals surface area contributed by atoms with Gasteiger partial charge in [-0.15, -0.1) is 0 Å². The van der Waals surface area contributed by atoms with Gasteiger partial charge in [-0.05, 0) is 89.4 Å². The van der Waals surface area contributed by atoms with Crippen molar-refractivity contribution in [3.63, 3.8) is 0 Å². The average Bonchev–Trinajstić information content (AvgIpc) is 3.45. The molecule has 4 heterocycles. The highest BCUT2D eigenvalue weighted by molar-refractivity contribution is 5.03. The van der Waals surface area contributed by atoms with E-state index >= 15 is 0 Å². The minimum atomic E-state index is -0.948. The summed E-state index contributed by atoms with van der Waals surface area (Å²) in [5.74, 6) is 2.79. The highest BCUT2D eigenvalue weighted by Crippen LogP contribution is 2.45. The van der Waals surface area contributed by atoms with Gasteiger partial charge in [0.15, 0.2) is 0 Å². The topological polar surface area (TPSA) is 142 Å². The van der Waals surface area contributed by atoms with Gasteiger partial charge in [0.25, 0.3) is 0 Å². The zero-order valence-corrected chi connectivity index (χ0v) is 24.4. The van der Waals surface area contributed by atoms with Crippen LogP contribution in [-0.4, -0.2) is 113 Å². The molecule has 3 saturated carbocycles. The van der Waals surface area contributed by atoms with Crippen LogP contribution in [0.3, 0.4) is 0 Å². The fourth-order valence-corrected chi connectivity index (χ4v) is 8.92. The normalized spacial score (nSPS) is 49.4. The lowest BCUT2D eigenvalue weighted by molar-refractivity contribution is -0.112. The molecular weight excluding hydrogens is 508 g/mol. The molecule has 40 heavy (non-hydrogen) atoms. The third-order valence-corrected chi connectivity index (χ3v) is 11.5. The molecule has 3 aliphatic carbocycles. The van der Waals surface area contributed by atoms with Gasteiger partial charge >= 0.3 is 0 Å². The number of aliphatic hydroxyl groups is 2. The molecule has 0 bridgehead atoms. The van der Waals surface area contributed by atoms with E-state index in [2.05, 4.69) is 50.2 Å². The Hall–Kier alpha value is -0.440. The first-order valence-corrected chi connectivity index (χ1v) is 16.4. The number of aliphatic hydroxyl groups excluding tert-OH is 2. The van der Waals surface area contributed by atoms with Crippen LogP contribution in [0.1, 0.15) is 71.6 Å². The van der Waals surface area contributed by atoms with Gasteiger partial charge in [-0.2, -0.15) is 0 Å². The zero-order chi connectivity index (χ0) is 27.5. The summed E-state index contributed by atoms with van der Waals surface area (Å²) in [6, 6.07) is 2.28. The Balaban J connectivity index is 0.877. The first-order valence-electron chi connectivity index (χ1n) is 16.4. The van der Waals surface area contributed by atoms with Crippen LogP contribution in [0.5, 0.6) is 0 Å². The predicted octanol–water partition coefficient (Wildman–Crippen LogP) is -0.839. The van der Waals surface area contributed by atoms with E-state index in [0.717, 1.165) is 17.8 Å². The van der Waals surface area contributed by atoms with Crippen LogP contribution in [0.2, 0.25) is 0 Å². The van der Waals surface area contributed by atoms with Crippen molar-refractivity contribution in [2.75, 3.05) is 19.9 Å². The molecule has 11 heteroatoms. The summed E-state index contributed by atoms with van der Waals surface area (Å²) < 4.78 is 6.39. The van der Waals surface area contributed by atoms with E-state index in [1.807, 2.05) is 0 Å². The Morgan fingerprint density at radius 2 is 1.70 bits per heavy atom. The molecule has 0 spiro atoms. The number of ether oxygens (including phenoxy) is 1. The number of nitrogens with one attached hydrogen (secondary N) is 5. The summed E-state index contributed by atoms with van der Waals surface area (Å²) in [7, 11) is 0. The third kappa shape index (κ3) is 5.50. The minimum absolute atomic E-state index is 0.0261. The zero-order valence-electron chi connectivity index (χ0n) is 24.4. The average molecular weight is 563 g/mol. The molecule has 4 aliphatic heterocycles. The van der Waals surface area contributed by atoms with Crippen LogP contribution in [0, 0.1) is 17.8 Å². The molecule has 11 nitrogen and oxygen atoms in total. The number of rotatable bonds is 9. The van der Waals surface area contributed by atoms with E-state index in [1.54, 1.807) is 0 Å². The molecule has 0 aromatic carbocycles. The van der Waals surface area contributed by atoms with Crippen molar-refractivity contribution in [3.05, 3.63) is 0 Å². The highest BCUT2D eigenvalue weighted by atomic mass is 16.6. The molecule has 4 saturated heterocycles. The van der Waals surface area contributed by atoms with Crippen molar-refractivity contribution in [2.24, 2.45) is 23.5 Å². The van der Waals surface area contributed by atoms with E-state index < -0.39 is 24.5 Å². The third-order valence-electron chi connectivity index (χ3n) is 11.5. The molecule has 7 rings (SSSR count). The Labute approximate surface area is 239 Å². The number of nitrogens with zero attached hydrogens (tertiary/aromatic N) is 2. The predicted molar refractivity (Wildman–Crippen MR) is 152 cm³/mol. The number of hydrogen-bond acceptors (Lipinski definition) is 11. The van der Waals surface area contributed by atoms with Gasteiger partial charge in [0.2, 0.25) is 0 Å². The van der Waals surface area contributed by atoms with Crippen molar-refractivity contribution >= 4 is 0 Å². The summed E-state index contributed by atoms with van der Waals surface area (Å²) in [5.41, 5.74) is 6.23. The lowest BCUT2D eigenvalue weighted by atomic mass is 9.76. The summed E-state index contributed by atoms with van der Waals surface area (Å²) in [6.45, 7) is 6.28. The van der Waals surface area contributed by atoms with Crippen molar-refractivity contribution in [1.29, 1.82) is 0 Å². The van der Waals surface area contributed by atoms with E-state index in [9.17, 15) is 10.2 Å². The van der Waals surface area contributed by atoms with Crippen LogP contribution in [-0.2, 0) is 4.74 Å². The lowest BCUT2D eigenvalue weighted by Crippen LogP contribution is -2.68. The van der Waals surface area contributed by atoms with Crippen molar-refractivity contribution in [2.45, 2.75) is 145 Å². The highest BCUT2D eigenvalue weighted by Gasteiger charge is 2.52. The van der Waals surface area contributed by atoms with Crippen LogP contribution in [0.4, 0.5) is 0 Å². The standard InChI is InChI=1S/C29H54N8O3/c1-15(2)36(12-22-25(38)26(39)29(40-22)37-14-33-24-27(30)31-13-32-28(24)37)19-9-16(10-19)3-8-23-34-20-7-6-18(17-4-5-17)11-21(20)35-23/h15-29,31-35,38-39H,3-14,30H2,1-2H3/t16?,18?,19?,20?,21?,22-,23?,24?,25-,26-,27?,28?,29-/m1/s1. The van der Waals surface area contributed by atoms with Crippen molar-refractivity contribution in [1.82, 2.24) is 36.4 Å². The molecular formula is C29H54N8O3. The van der Waals surface area contributed by atoms with Gasteiger partial charge in [-0.25, -0.2) is 4.90 Å². The number of fused-ring (bicyclic) bond motifs is 2. The van der Waals surface area contributed by atoms with Gasteiger partial charge < -0.3 is 20.7 Å². The fourth-order valence-electron chi connectivity index (χ4n) is 8.92. The molecule has 0 radical (unpaired) electrons. The first kappa shape index (κ1) is 28.3. The molecule has 0 aromatic heterocycles. The number of nitrogens with two attached hydrogens (primary N) is 1. The van der Waals surface area contributed by atoms with E-state index in [0.29, 0.717) is 50.2 Å². The second kappa shape index (κ2) is 11.6. The van der Waals surface area contributed by atoms with Crippen LogP contribution >= 0.6 is 0 Å². The Bertz CT molecular complexity index is 874. The first-order chi connectivity index (χ1) is 19.4. The van der Waals surface area contributed by atoms with Crippen molar-refractivity contribution < 1.29 is 14.9 Å². The quantitative estimate of drug-likeness (QED) is 0.178. The molecule has 0 aromatic rings. The summed E-state index contributed by atoms with van der Waals surface area (Å²) in [4.78, 5) is 4.58. The molecule has 228 valence electrons. The maximum absolute atomic E-state index is 11.0. The van der Waals surface area contributed by atoms with Crippen LogP contribution in [0.25, 0.3) is 0 Å². The second-order valence-corrected chi connectivity index (χ2v) is 14.4. The van der Waals surface area contributed by atoms with Gasteiger partial charge in [0.05, 0.1) is 31.2 Å². The van der Waals surface area contributed by atoms with Crippen molar-refractivity contribution in [3.8, 4) is 0 Å². The summed E-state index contributed by atoms with van der Waals surface area (Å²) in [6.07, 6.45) is 9.50. The Morgan fingerprint density at radius 3 is 2.48 bits per heavy atom. The minimum Gasteiger partial charge on any atom is -0.387 e. The number of hydrogen-bond donors (Lipinski definition) is 8. The maximum Gasteiger partial charge on any atom is 0.142 e. The lowest BCUT2D eigenvalue weighted by Gasteiger charge is -2.46. The van der Waals surface area contributed by atoms with Crippen LogP contribution in [0.15, 0.2) is 0 Å². The van der Waals surface area contributed by atoms with Gasteiger partial charge in [-0.1, -0.05) is 0 Å². The molecule has 7 unspecified atom stereocenters. The van der Waals surface area contributed by atoms with Gasteiger partial charge in [0, 0.05) is 37.4 Å². The van der Waals surface area contributed by atoms with Crippen LogP contribution < -0.4 is 32.3 Å². The smallest absolute Gasteiger partial charge is 0.142 e. The van der Waals surface area contributed by atoms with E-state index in [-0.39, 0.29) is 18.4 Å². The maximum atomic E-state index is 11.0.